The van der Waals surface area contributed by atoms with Crippen LogP contribution in [-0.4, -0.2) is 56.4 Å². The van der Waals surface area contributed by atoms with Crippen LogP contribution in [0.4, 0.5) is 5.69 Å². The van der Waals surface area contributed by atoms with Crippen molar-refractivity contribution in [1.29, 1.82) is 0 Å². The van der Waals surface area contributed by atoms with Crippen molar-refractivity contribution in [1.82, 2.24) is 9.80 Å². The third-order valence-corrected chi connectivity index (χ3v) is 3.05. The van der Waals surface area contributed by atoms with Crippen LogP contribution < -0.4 is 5.32 Å². The van der Waals surface area contributed by atoms with E-state index in [4.69, 9.17) is 0 Å². The first-order valence-electron chi connectivity index (χ1n) is 6.34. The number of rotatable bonds is 4. The number of nitrogens with one attached hydrogen (secondary N) is 1. The molecule has 110 valence electrons. The van der Waals surface area contributed by atoms with Gasteiger partial charge in [0.2, 0.25) is 5.91 Å². The molecule has 0 aliphatic carbocycles. The normalized spacial score (nSPS) is 9.85. The average molecular weight is 341 g/mol. The predicted octanol–water partition coefficient (Wildman–Crippen LogP) is 2.26. The highest BCUT2D eigenvalue weighted by molar-refractivity contribution is 9.10. The van der Waals surface area contributed by atoms with Gasteiger partial charge in [-0.05, 0) is 24.3 Å². The third-order valence-electron chi connectivity index (χ3n) is 2.52. The van der Waals surface area contributed by atoms with Gasteiger partial charge in [0.1, 0.15) is 0 Å². The molecule has 0 saturated carbocycles. The molecule has 6 heteroatoms. The molecule has 1 aromatic carbocycles. The standard InChI is InChI=1S/C14H21BrN4O/c1-18(2)14(19(3)4)16-10-9-13(20)17-12-7-5-11(15)6-8-12/h5-8H,9-10H2,1-4H3,(H,17,20). The predicted molar refractivity (Wildman–Crippen MR) is 87.1 cm³/mol. The molecule has 0 atom stereocenters. The number of hydrogen-bond donors (Lipinski definition) is 1. The molecule has 1 aromatic rings. The molecule has 0 aromatic heterocycles. The molecule has 20 heavy (non-hydrogen) atoms. The molecule has 0 radical (unpaired) electrons. The van der Waals surface area contributed by atoms with Crippen LogP contribution in [0, 0.1) is 0 Å². The largest absolute Gasteiger partial charge is 0.349 e. The summed E-state index contributed by atoms with van der Waals surface area (Å²) in [6.45, 7) is 0.466. The Morgan fingerprint density at radius 3 is 2.20 bits per heavy atom. The lowest BCUT2D eigenvalue weighted by molar-refractivity contribution is -0.116. The first-order chi connectivity index (χ1) is 9.40. The Kier molecular flexibility index (Phi) is 6.51. The van der Waals surface area contributed by atoms with Gasteiger partial charge in [-0.15, -0.1) is 0 Å². The fourth-order valence-corrected chi connectivity index (χ4v) is 1.96. The van der Waals surface area contributed by atoms with Crippen LogP contribution in [0.25, 0.3) is 0 Å². The Bertz CT molecular complexity index is 459. The number of carbonyl (C=O) groups is 1. The van der Waals surface area contributed by atoms with Gasteiger partial charge in [-0.3, -0.25) is 9.79 Å². The Morgan fingerprint density at radius 2 is 1.70 bits per heavy atom. The van der Waals surface area contributed by atoms with E-state index in [2.05, 4.69) is 26.2 Å². The molecular weight excluding hydrogens is 320 g/mol. The summed E-state index contributed by atoms with van der Waals surface area (Å²) in [6, 6.07) is 7.50. The number of guanidine groups is 1. The molecule has 1 amide bonds. The summed E-state index contributed by atoms with van der Waals surface area (Å²) in [4.78, 5) is 20.1. The fraction of sp³-hybridized carbons (Fsp3) is 0.429. The summed E-state index contributed by atoms with van der Waals surface area (Å²) in [6.07, 6.45) is 0.362. The number of aliphatic imine (C=N–C) groups is 1. The van der Waals surface area contributed by atoms with Gasteiger partial charge in [0, 0.05) is 44.8 Å². The Morgan fingerprint density at radius 1 is 1.15 bits per heavy atom. The van der Waals surface area contributed by atoms with E-state index in [1.165, 1.54) is 0 Å². The van der Waals surface area contributed by atoms with Gasteiger partial charge in [0.25, 0.3) is 0 Å². The summed E-state index contributed by atoms with van der Waals surface area (Å²) in [7, 11) is 7.73. The Balaban J connectivity index is 2.47. The lowest BCUT2D eigenvalue weighted by Gasteiger charge is -2.22. The minimum Gasteiger partial charge on any atom is -0.349 e. The van der Waals surface area contributed by atoms with Crippen molar-refractivity contribution in [3.8, 4) is 0 Å². The van der Waals surface area contributed by atoms with E-state index in [0.717, 1.165) is 16.1 Å². The summed E-state index contributed by atoms with van der Waals surface area (Å²) in [5.41, 5.74) is 0.794. The lowest BCUT2D eigenvalue weighted by atomic mass is 10.3. The highest BCUT2D eigenvalue weighted by Crippen LogP contribution is 2.14. The van der Waals surface area contributed by atoms with Crippen molar-refractivity contribution in [2.75, 3.05) is 40.1 Å². The minimum absolute atomic E-state index is 0.0343. The summed E-state index contributed by atoms with van der Waals surface area (Å²) in [5.74, 6) is 0.814. The van der Waals surface area contributed by atoms with Gasteiger partial charge < -0.3 is 15.1 Å². The molecule has 0 bridgehead atoms. The van der Waals surface area contributed by atoms with Crippen LogP contribution in [0.1, 0.15) is 6.42 Å². The van der Waals surface area contributed by atoms with E-state index in [0.29, 0.717) is 13.0 Å². The van der Waals surface area contributed by atoms with Gasteiger partial charge >= 0.3 is 0 Å². The second-order valence-electron chi connectivity index (χ2n) is 4.78. The van der Waals surface area contributed by atoms with Crippen LogP contribution in [0.2, 0.25) is 0 Å². The van der Waals surface area contributed by atoms with Gasteiger partial charge in [0.15, 0.2) is 5.96 Å². The van der Waals surface area contributed by atoms with E-state index in [-0.39, 0.29) is 5.91 Å². The number of anilines is 1. The number of carbonyl (C=O) groups excluding carboxylic acids is 1. The molecule has 0 heterocycles. The van der Waals surface area contributed by atoms with Crippen molar-refractivity contribution in [2.24, 2.45) is 4.99 Å². The maximum absolute atomic E-state index is 11.8. The zero-order valence-corrected chi connectivity index (χ0v) is 13.9. The van der Waals surface area contributed by atoms with Crippen molar-refractivity contribution < 1.29 is 4.79 Å². The smallest absolute Gasteiger partial charge is 0.226 e. The van der Waals surface area contributed by atoms with Crippen molar-refractivity contribution in [3.05, 3.63) is 28.7 Å². The minimum atomic E-state index is -0.0343. The highest BCUT2D eigenvalue weighted by atomic mass is 79.9. The molecule has 0 fully saturated rings. The molecule has 0 aliphatic heterocycles. The highest BCUT2D eigenvalue weighted by Gasteiger charge is 2.05. The monoisotopic (exact) mass is 340 g/mol. The Labute approximate surface area is 128 Å². The fourth-order valence-electron chi connectivity index (χ4n) is 1.70. The first kappa shape index (κ1) is 16.5. The van der Waals surface area contributed by atoms with Crippen molar-refractivity contribution in [3.63, 3.8) is 0 Å². The summed E-state index contributed by atoms with van der Waals surface area (Å²) in [5, 5.41) is 2.85. The van der Waals surface area contributed by atoms with Gasteiger partial charge in [-0.2, -0.15) is 0 Å². The molecule has 0 spiro atoms. The van der Waals surface area contributed by atoms with E-state index >= 15 is 0 Å². The first-order valence-corrected chi connectivity index (χ1v) is 7.14. The van der Waals surface area contributed by atoms with Gasteiger partial charge in [-0.1, -0.05) is 15.9 Å². The van der Waals surface area contributed by atoms with Crippen LogP contribution in [0.5, 0.6) is 0 Å². The van der Waals surface area contributed by atoms with Crippen LogP contribution in [0.15, 0.2) is 33.7 Å². The molecule has 0 saturated heterocycles. The number of halogens is 1. The molecule has 0 aliphatic rings. The van der Waals surface area contributed by atoms with E-state index in [9.17, 15) is 4.79 Å². The maximum atomic E-state index is 11.8. The lowest BCUT2D eigenvalue weighted by Crippen LogP contribution is -2.35. The number of hydrogen-bond acceptors (Lipinski definition) is 2. The average Bonchev–Trinajstić information content (AvgIpc) is 2.36. The summed E-state index contributed by atoms with van der Waals surface area (Å²) < 4.78 is 0.988. The SMILES string of the molecule is CN(C)C(=NCCC(=O)Nc1ccc(Br)cc1)N(C)C. The number of amides is 1. The zero-order chi connectivity index (χ0) is 15.1. The molecule has 1 rings (SSSR count). The van der Waals surface area contributed by atoms with Crippen LogP contribution >= 0.6 is 15.9 Å². The van der Waals surface area contributed by atoms with Crippen molar-refractivity contribution >= 4 is 33.5 Å². The van der Waals surface area contributed by atoms with E-state index in [1.807, 2.05) is 62.3 Å². The molecular formula is C14H21BrN4O. The second-order valence-corrected chi connectivity index (χ2v) is 5.69. The number of benzene rings is 1. The molecule has 5 nitrogen and oxygen atoms in total. The maximum Gasteiger partial charge on any atom is 0.226 e. The quantitative estimate of drug-likeness (QED) is 0.675. The van der Waals surface area contributed by atoms with Crippen LogP contribution in [-0.2, 0) is 4.79 Å². The topological polar surface area (TPSA) is 47.9 Å². The van der Waals surface area contributed by atoms with Crippen molar-refractivity contribution in [2.45, 2.75) is 6.42 Å². The van der Waals surface area contributed by atoms with Crippen LogP contribution in [0.3, 0.4) is 0 Å². The Hall–Kier alpha value is -1.56. The zero-order valence-electron chi connectivity index (χ0n) is 12.4. The second kappa shape index (κ2) is 7.89. The van der Waals surface area contributed by atoms with Gasteiger partial charge in [0.05, 0.1) is 6.54 Å². The van der Waals surface area contributed by atoms with Gasteiger partial charge in [-0.25, -0.2) is 0 Å². The molecule has 1 N–H and O–H groups in total. The molecule has 0 unspecified atom stereocenters. The van der Waals surface area contributed by atoms with E-state index < -0.39 is 0 Å². The summed E-state index contributed by atoms with van der Waals surface area (Å²) >= 11 is 3.36. The number of nitrogens with zero attached hydrogens (tertiary/aromatic N) is 3. The van der Waals surface area contributed by atoms with E-state index in [1.54, 1.807) is 0 Å². The third kappa shape index (κ3) is 5.61.